The number of nitrogens with zero attached hydrogens (tertiary/aromatic N) is 2. The molecule has 0 aliphatic heterocycles. The van der Waals surface area contributed by atoms with Crippen LogP contribution in [0.25, 0.3) is 10.2 Å². The fourth-order valence-electron chi connectivity index (χ4n) is 3.34. The summed E-state index contributed by atoms with van der Waals surface area (Å²) < 4.78 is 31.1. The molecule has 0 fully saturated rings. The highest BCUT2D eigenvalue weighted by Gasteiger charge is 2.24. The number of carbonyl (C=O) groups excluding carboxylic acids is 1. The van der Waals surface area contributed by atoms with E-state index in [4.69, 9.17) is 4.74 Å². The number of methoxy groups -OCH3 is 1. The molecule has 0 atom stereocenters. The average molecular weight is 481 g/mol. The van der Waals surface area contributed by atoms with Crippen LogP contribution in [0.5, 0.6) is 5.75 Å². The Morgan fingerprint density at radius 2 is 1.73 bits per heavy atom. The zero-order chi connectivity index (χ0) is 23.6. The maximum absolute atomic E-state index is 13.6. The van der Waals surface area contributed by atoms with Crippen molar-refractivity contribution in [2.24, 2.45) is 0 Å². The highest BCUT2D eigenvalue weighted by atomic mass is 32.2. The molecule has 0 saturated carbocycles. The maximum Gasteiger partial charge on any atom is 0.260 e. The van der Waals surface area contributed by atoms with Crippen molar-refractivity contribution in [3.63, 3.8) is 0 Å². The molecule has 0 aliphatic carbocycles. The first-order valence-corrected chi connectivity index (χ1v) is 12.8. The number of benzene rings is 3. The molecule has 170 valence electrons. The lowest BCUT2D eigenvalue weighted by atomic mass is 10.1. The van der Waals surface area contributed by atoms with Gasteiger partial charge in [0.2, 0.25) is 0 Å². The topological polar surface area (TPSA) is 76.6 Å². The van der Waals surface area contributed by atoms with Gasteiger partial charge in [-0.15, -0.1) is 0 Å². The number of aromatic nitrogens is 1. The number of hydrogen-bond acceptors (Lipinski definition) is 6. The van der Waals surface area contributed by atoms with E-state index in [2.05, 4.69) is 4.98 Å². The number of amides is 1. The van der Waals surface area contributed by atoms with Crippen molar-refractivity contribution in [2.75, 3.05) is 12.0 Å². The van der Waals surface area contributed by atoms with Crippen molar-refractivity contribution in [1.29, 1.82) is 0 Å². The van der Waals surface area contributed by atoms with E-state index in [1.54, 1.807) is 38.0 Å². The van der Waals surface area contributed by atoms with E-state index in [9.17, 15) is 13.2 Å². The summed E-state index contributed by atoms with van der Waals surface area (Å²) in [4.78, 5) is 20.1. The van der Waals surface area contributed by atoms with Gasteiger partial charge in [0.15, 0.2) is 15.0 Å². The van der Waals surface area contributed by atoms with Crippen molar-refractivity contribution in [3.8, 4) is 5.75 Å². The summed E-state index contributed by atoms with van der Waals surface area (Å²) in [5.41, 5.74) is 2.13. The van der Waals surface area contributed by atoms with Gasteiger partial charge in [-0.05, 0) is 61.9 Å². The minimum absolute atomic E-state index is 0.204. The number of thiazole rings is 1. The fraction of sp³-hybridized carbons (Fsp3) is 0.200. The molecule has 0 N–H and O–H groups in total. The van der Waals surface area contributed by atoms with Crippen LogP contribution < -0.4 is 9.64 Å². The van der Waals surface area contributed by atoms with Crippen LogP contribution in [0.1, 0.15) is 29.8 Å². The predicted molar refractivity (Wildman–Crippen MR) is 132 cm³/mol. The summed E-state index contributed by atoms with van der Waals surface area (Å²) in [5, 5.41) is 0.0272. The van der Waals surface area contributed by atoms with Crippen LogP contribution >= 0.6 is 11.3 Å². The largest absolute Gasteiger partial charge is 0.497 e. The van der Waals surface area contributed by atoms with Crippen LogP contribution in [0.15, 0.2) is 77.7 Å². The predicted octanol–water partition coefficient (Wildman–Crippen LogP) is 5.33. The van der Waals surface area contributed by atoms with Gasteiger partial charge in [0.1, 0.15) is 5.75 Å². The smallest absolute Gasteiger partial charge is 0.260 e. The van der Waals surface area contributed by atoms with Gasteiger partial charge in [0.25, 0.3) is 5.91 Å². The summed E-state index contributed by atoms with van der Waals surface area (Å²) in [5.74, 6) is 0.471. The second-order valence-corrected chi connectivity index (χ2v) is 11.3. The highest BCUT2D eigenvalue weighted by molar-refractivity contribution is 7.92. The van der Waals surface area contributed by atoms with Gasteiger partial charge in [0, 0.05) is 5.56 Å². The van der Waals surface area contributed by atoms with E-state index < -0.39 is 15.1 Å². The van der Waals surface area contributed by atoms with Crippen molar-refractivity contribution in [1.82, 2.24) is 4.98 Å². The van der Waals surface area contributed by atoms with E-state index in [1.807, 2.05) is 48.5 Å². The Morgan fingerprint density at radius 3 is 2.36 bits per heavy atom. The van der Waals surface area contributed by atoms with Crippen LogP contribution in [0.2, 0.25) is 0 Å². The molecule has 3 aromatic carbocycles. The molecule has 0 bridgehead atoms. The molecular weight excluding hydrogens is 456 g/mol. The van der Waals surface area contributed by atoms with E-state index in [-0.39, 0.29) is 10.8 Å². The molecular formula is C25H24N2O4S2. The first-order valence-electron chi connectivity index (χ1n) is 10.4. The zero-order valence-electron chi connectivity index (χ0n) is 18.6. The monoisotopic (exact) mass is 480 g/mol. The molecule has 0 radical (unpaired) electrons. The average Bonchev–Trinajstić information content (AvgIpc) is 3.25. The molecule has 1 amide bonds. The summed E-state index contributed by atoms with van der Waals surface area (Å²) in [6.07, 6.45) is 0. The number of fused-ring (bicyclic) bond motifs is 1. The van der Waals surface area contributed by atoms with E-state index >= 15 is 0 Å². The summed E-state index contributed by atoms with van der Waals surface area (Å²) in [6, 6.07) is 21.4. The lowest BCUT2D eigenvalue weighted by Gasteiger charge is -2.20. The SMILES string of the molecule is COc1ccc2nc(N(Cc3ccccc3)C(=O)c3ccc(S(=O)(=O)C(C)C)cc3)sc2c1. The number of anilines is 1. The Labute approximate surface area is 197 Å². The number of carbonyl (C=O) groups is 1. The van der Waals surface area contributed by atoms with E-state index in [1.165, 1.54) is 23.5 Å². The Kier molecular flexibility index (Phi) is 6.49. The summed E-state index contributed by atoms with van der Waals surface area (Å²) >= 11 is 1.41. The Hall–Kier alpha value is -3.23. The van der Waals surface area contributed by atoms with Crippen molar-refractivity contribution in [2.45, 2.75) is 30.5 Å². The molecule has 0 saturated heterocycles. The lowest BCUT2D eigenvalue weighted by Crippen LogP contribution is -2.30. The molecule has 4 rings (SSSR count). The second-order valence-electron chi connectivity index (χ2n) is 7.83. The standard InChI is InChI=1S/C25H24N2O4S2/c1-17(2)33(29,30)21-12-9-19(10-13-21)24(28)27(16-18-7-5-4-6-8-18)25-26-22-14-11-20(31-3)15-23(22)32-25/h4-15,17H,16H2,1-3H3. The van der Waals surface area contributed by atoms with E-state index in [0.717, 1.165) is 21.5 Å². The van der Waals surface area contributed by atoms with Gasteiger partial charge in [-0.25, -0.2) is 13.4 Å². The van der Waals surface area contributed by atoms with Crippen LogP contribution in [-0.4, -0.2) is 31.7 Å². The van der Waals surface area contributed by atoms with Crippen LogP contribution in [-0.2, 0) is 16.4 Å². The third-order valence-corrected chi connectivity index (χ3v) is 8.51. The normalized spacial score (nSPS) is 11.6. The molecule has 8 heteroatoms. The van der Waals surface area contributed by atoms with Gasteiger partial charge >= 0.3 is 0 Å². The first-order chi connectivity index (χ1) is 15.8. The molecule has 0 aliphatic rings. The van der Waals surface area contributed by atoms with Crippen molar-refractivity contribution < 1.29 is 17.9 Å². The lowest BCUT2D eigenvalue weighted by molar-refractivity contribution is 0.0985. The third kappa shape index (κ3) is 4.77. The molecule has 1 heterocycles. The molecule has 1 aromatic heterocycles. The molecule has 0 spiro atoms. The van der Waals surface area contributed by atoms with Crippen molar-refractivity contribution in [3.05, 3.63) is 83.9 Å². The van der Waals surface area contributed by atoms with Crippen molar-refractivity contribution >= 4 is 42.4 Å². The van der Waals surface area contributed by atoms with Gasteiger partial charge < -0.3 is 4.74 Å². The Balaban J connectivity index is 1.72. The molecule has 0 unspecified atom stereocenters. The number of ether oxygens (including phenoxy) is 1. The maximum atomic E-state index is 13.6. The van der Waals surface area contributed by atoms with Gasteiger partial charge in [-0.2, -0.15) is 0 Å². The summed E-state index contributed by atoms with van der Waals surface area (Å²) in [6.45, 7) is 3.61. The number of hydrogen-bond donors (Lipinski definition) is 0. The molecule has 6 nitrogen and oxygen atoms in total. The van der Waals surface area contributed by atoms with E-state index in [0.29, 0.717) is 17.2 Å². The summed E-state index contributed by atoms with van der Waals surface area (Å²) in [7, 11) is -1.80. The highest BCUT2D eigenvalue weighted by Crippen LogP contribution is 2.33. The van der Waals surface area contributed by atoms with Gasteiger partial charge in [-0.1, -0.05) is 41.7 Å². The Bertz CT molecular complexity index is 1380. The minimum Gasteiger partial charge on any atom is -0.497 e. The number of sulfone groups is 1. The number of rotatable bonds is 7. The van der Waals surface area contributed by atoms with Crippen LogP contribution in [0.4, 0.5) is 5.13 Å². The molecule has 4 aromatic rings. The fourth-order valence-corrected chi connectivity index (χ4v) is 5.39. The third-order valence-electron chi connectivity index (χ3n) is 5.29. The first kappa shape index (κ1) is 22.9. The minimum atomic E-state index is -3.41. The van der Waals surface area contributed by atoms with Crippen LogP contribution in [0, 0.1) is 0 Å². The van der Waals surface area contributed by atoms with Crippen LogP contribution in [0.3, 0.4) is 0 Å². The van der Waals surface area contributed by atoms with Gasteiger partial charge in [0.05, 0.1) is 34.0 Å². The zero-order valence-corrected chi connectivity index (χ0v) is 20.2. The Morgan fingerprint density at radius 1 is 1.03 bits per heavy atom. The quantitative estimate of drug-likeness (QED) is 0.357. The van der Waals surface area contributed by atoms with Gasteiger partial charge in [-0.3, -0.25) is 9.69 Å². The molecule has 33 heavy (non-hydrogen) atoms. The second kappa shape index (κ2) is 9.33.